The van der Waals surface area contributed by atoms with Gasteiger partial charge in [-0.3, -0.25) is 9.78 Å². The van der Waals surface area contributed by atoms with Crippen LogP contribution in [0.5, 0.6) is 0 Å². The standard InChI is InChI=1S/C13H18N2O3/c1-8(2)11(13(17)18)15-12(16)9(3)10-5-4-6-14-7-10/h4-9,11H,1-3H3,(H,15,16)(H,17,18)/t9?,11-/m0/s1. The summed E-state index contributed by atoms with van der Waals surface area (Å²) < 4.78 is 0. The zero-order valence-electron chi connectivity index (χ0n) is 10.8. The molecule has 2 atom stereocenters. The quantitative estimate of drug-likeness (QED) is 0.828. The van der Waals surface area contributed by atoms with Crippen molar-refractivity contribution in [2.45, 2.75) is 32.7 Å². The molecule has 5 heteroatoms. The summed E-state index contributed by atoms with van der Waals surface area (Å²) in [5, 5.41) is 11.6. The second-order valence-electron chi connectivity index (χ2n) is 4.58. The molecule has 0 radical (unpaired) electrons. The summed E-state index contributed by atoms with van der Waals surface area (Å²) in [5.41, 5.74) is 0.767. The highest BCUT2D eigenvalue weighted by Gasteiger charge is 2.26. The number of carbonyl (C=O) groups excluding carboxylic acids is 1. The van der Waals surface area contributed by atoms with Crippen molar-refractivity contribution in [1.82, 2.24) is 10.3 Å². The van der Waals surface area contributed by atoms with Crippen molar-refractivity contribution in [3.8, 4) is 0 Å². The molecule has 0 aliphatic carbocycles. The maximum absolute atomic E-state index is 12.0. The molecule has 0 aliphatic heterocycles. The van der Waals surface area contributed by atoms with E-state index in [1.807, 2.05) is 0 Å². The molecule has 5 nitrogen and oxygen atoms in total. The van der Waals surface area contributed by atoms with E-state index in [0.29, 0.717) is 0 Å². The smallest absolute Gasteiger partial charge is 0.326 e. The molecule has 1 unspecified atom stereocenters. The van der Waals surface area contributed by atoms with Crippen LogP contribution >= 0.6 is 0 Å². The lowest BCUT2D eigenvalue weighted by molar-refractivity contribution is -0.143. The number of amides is 1. The molecule has 0 saturated heterocycles. The van der Waals surface area contributed by atoms with E-state index in [-0.39, 0.29) is 11.8 Å². The number of hydrogen-bond donors (Lipinski definition) is 2. The van der Waals surface area contributed by atoms with Gasteiger partial charge in [-0.2, -0.15) is 0 Å². The third-order valence-corrected chi connectivity index (χ3v) is 2.81. The van der Waals surface area contributed by atoms with E-state index in [2.05, 4.69) is 10.3 Å². The first kappa shape index (κ1) is 14.2. The summed E-state index contributed by atoms with van der Waals surface area (Å²) >= 11 is 0. The Balaban J connectivity index is 2.73. The van der Waals surface area contributed by atoms with Gasteiger partial charge in [0.2, 0.25) is 5.91 Å². The summed E-state index contributed by atoms with van der Waals surface area (Å²) in [5.74, 6) is -1.90. The molecule has 1 amide bonds. The van der Waals surface area contributed by atoms with Crippen LogP contribution in [0.1, 0.15) is 32.3 Å². The van der Waals surface area contributed by atoms with Gasteiger partial charge in [0.05, 0.1) is 5.92 Å². The lowest BCUT2D eigenvalue weighted by Gasteiger charge is -2.20. The molecule has 1 rings (SSSR count). The monoisotopic (exact) mass is 250 g/mol. The summed E-state index contributed by atoms with van der Waals surface area (Å²) in [6.45, 7) is 5.24. The molecule has 0 aliphatic rings. The van der Waals surface area contributed by atoms with E-state index in [0.717, 1.165) is 5.56 Å². The Morgan fingerprint density at radius 3 is 2.44 bits per heavy atom. The van der Waals surface area contributed by atoms with Crippen molar-refractivity contribution in [3.05, 3.63) is 30.1 Å². The van der Waals surface area contributed by atoms with Gasteiger partial charge in [0, 0.05) is 12.4 Å². The van der Waals surface area contributed by atoms with Crippen molar-refractivity contribution >= 4 is 11.9 Å². The van der Waals surface area contributed by atoms with Crippen LogP contribution in [0.2, 0.25) is 0 Å². The fourth-order valence-corrected chi connectivity index (χ4v) is 1.58. The summed E-state index contributed by atoms with van der Waals surface area (Å²) in [4.78, 5) is 26.9. The molecule has 18 heavy (non-hydrogen) atoms. The number of rotatable bonds is 5. The van der Waals surface area contributed by atoms with Crippen LogP contribution in [0.3, 0.4) is 0 Å². The first-order valence-electron chi connectivity index (χ1n) is 5.86. The normalized spacial score (nSPS) is 14.0. The fourth-order valence-electron chi connectivity index (χ4n) is 1.58. The first-order chi connectivity index (χ1) is 8.43. The number of pyridine rings is 1. The van der Waals surface area contributed by atoms with Crippen LogP contribution in [0.15, 0.2) is 24.5 Å². The minimum atomic E-state index is -1.02. The maximum Gasteiger partial charge on any atom is 0.326 e. The molecular formula is C13H18N2O3. The topological polar surface area (TPSA) is 79.3 Å². The number of hydrogen-bond acceptors (Lipinski definition) is 3. The van der Waals surface area contributed by atoms with Crippen molar-refractivity contribution in [2.24, 2.45) is 5.92 Å². The predicted octanol–water partition coefficient (Wildman–Crippen LogP) is 1.41. The molecular weight excluding hydrogens is 232 g/mol. The molecule has 0 spiro atoms. The summed E-state index contributed by atoms with van der Waals surface area (Å²) in [7, 11) is 0. The Bertz CT molecular complexity index is 418. The minimum absolute atomic E-state index is 0.160. The predicted molar refractivity (Wildman–Crippen MR) is 67.1 cm³/mol. The zero-order valence-corrected chi connectivity index (χ0v) is 10.8. The average molecular weight is 250 g/mol. The van der Waals surface area contributed by atoms with Crippen molar-refractivity contribution < 1.29 is 14.7 Å². The largest absolute Gasteiger partial charge is 0.480 e. The molecule has 1 aromatic rings. The summed E-state index contributed by atoms with van der Waals surface area (Å²) in [6.07, 6.45) is 3.23. The molecule has 98 valence electrons. The van der Waals surface area contributed by atoms with Crippen LogP contribution in [-0.4, -0.2) is 28.0 Å². The zero-order chi connectivity index (χ0) is 13.7. The molecule has 2 N–H and O–H groups in total. The molecule has 1 heterocycles. The molecule has 0 aromatic carbocycles. The highest BCUT2D eigenvalue weighted by Crippen LogP contribution is 2.14. The van der Waals surface area contributed by atoms with Crippen LogP contribution in [0.4, 0.5) is 0 Å². The van der Waals surface area contributed by atoms with Crippen LogP contribution in [0.25, 0.3) is 0 Å². The molecule has 0 saturated carbocycles. The Labute approximate surface area is 106 Å². The minimum Gasteiger partial charge on any atom is -0.480 e. The van der Waals surface area contributed by atoms with E-state index in [9.17, 15) is 9.59 Å². The summed E-state index contributed by atoms with van der Waals surface area (Å²) in [6, 6.07) is 2.68. The van der Waals surface area contributed by atoms with E-state index >= 15 is 0 Å². The lowest BCUT2D eigenvalue weighted by atomic mass is 9.99. The van der Waals surface area contributed by atoms with Gasteiger partial charge >= 0.3 is 5.97 Å². The van der Waals surface area contributed by atoms with Gasteiger partial charge in [0.25, 0.3) is 0 Å². The Kier molecular flexibility index (Phi) is 4.83. The van der Waals surface area contributed by atoms with Gasteiger partial charge in [-0.1, -0.05) is 19.9 Å². The Hall–Kier alpha value is -1.91. The molecule has 1 aromatic heterocycles. The third kappa shape index (κ3) is 3.55. The van der Waals surface area contributed by atoms with Crippen molar-refractivity contribution in [3.63, 3.8) is 0 Å². The van der Waals surface area contributed by atoms with Gasteiger partial charge < -0.3 is 10.4 Å². The lowest BCUT2D eigenvalue weighted by Crippen LogP contribution is -2.45. The second-order valence-corrected chi connectivity index (χ2v) is 4.58. The Morgan fingerprint density at radius 2 is 2.00 bits per heavy atom. The van der Waals surface area contributed by atoms with E-state index < -0.39 is 17.9 Å². The third-order valence-electron chi connectivity index (χ3n) is 2.81. The van der Waals surface area contributed by atoms with Crippen LogP contribution < -0.4 is 5.32 Å². The first-order valence-corrected chi connectivity index (χ1v) is 5.86. The van der Waals surface area contributed by atoms with E-state index in [4.69, 9.17) is 5.11 Å². The maximum atomic E-state index is 12.0. The number of nitrogens with zero attached hydrogens (tertiary/aromatic N) is 1. The van der Waals surface area contributed by atoms with Crippen molar-refractivity contribution in [1.29, 1.82) is 0 Å². The Morgan fingerprint density at radius 1 is 1.33 bits per heavy atom. The number of nitrogens with one attached hydrogen (secondary N) is 1. The number of carboxylic acid groups (broad SMARTS) is 1. The SMILES string of the molecule is CC(C(=O)N[C@H](C(=O)O)C(C)C)c1cccnc1. The van der Waals surface area contributed by atoms with Gasteiger partial charge in [0.1, 0.15) is 6.04 Å². The van der Waals surface area contributed by atoms with Gasteiger partial charge in [-0.05, 0) is 24.5 Å². The van der Waals surface area contributed by atoms with Crippen LogP contribution in [0, 0.1) is 5.92 Å². The van der Waals surface area contributed by atoms with Crippen molar-refractivity contribution in [2.75, 3.05) is 0 Å². The second kappa shape index (κ2) is 6.14. The fraction of sp³-hybridized carbons (Fsp3) is 0.462. The number of aliphatic carboxylic acids is 1. The number of aromatic nitrogens is 1. The van der Waals surface area contributed by atoms with E-state index in [1.165, 1.54) is 0 Å². The van der Waals surface area contributed by atoms with Gasteiger partial charge in [-0.15, -0.1) is 0 Å². The average Bonchev–Trinajstić information content (AvgIpc) is 2.35. The molecule has 0 bridgehead atoms. The highest BCUT2D eigenvalue weighted by molar-refractivity contribution is 5.87. The number of carboxylic acids is 1. The van der Waals surface area contributed by atoms with E-state index in [1.54, 1.807) is 45.3 Å². The van der Waals surface area contributed by atoms with Gasteiger partial charge in [-0.25, -0.2) is 4.79 Å². The number of carbonyl (C=O) groups is 2. The highest BCUT2D eigenvalue weighted by atomic mass is 16.4. The van der Waals surface area contributed by atoms with Gasteiger partial charge in [0.15, 0.2) is 0 Å². The molecule has 0 fully saturated rings. The van der Waals surface area contributed by atoms with Crippen LogP contribution in [-0.2, 0) is 9.59 Å².